The zero-order chi connectivity index (χ0) is 15.4. The molecule has 21 heavy (non-hydrogen) atoms. The van der Waals surface area contributed by atoms with Crippen molar-refractivity contribution in [2.24, 2.45) is 11.7 Å². The number of hydrogen-bond acceptors (Lipinski definition) is 5. The van der Waals surface area contributed by atoms with Gasteiger partial charge < -0.3 is 16.0 Å². The third-order valence-electron chi connectivity index (χ3n) is 3.82. The molecular formula is C14H22BrN5O. The van der Waals surface area contributed by atoms with Crippen molar-refractivity contribution in [3.63, 3.8) is 0 Å². The van der Waals surface area contributed by atoms with Crippen LogP contribution >= 0.6 is 15.9 Å². The van der Waals surface area contributed by atoms with Gasteiger partial charge in [0.15, 0.2) is 0 Å². The first-order valence-electron chi connectivity index (χ1n) is 7.35. The highest BCUT2D eigenvalue weighted by molar-refractivity contribution is 9.10. The molecule has 116 valence electrons. The highest BCUT2D eigenvalue weighted by Gasteiger charge is 2.30. The van der Waals surface area contributed by atoms with Crippen LogP contribution in [0.25, 0.3) is 0 Å². The van der Waals surface area contributed by atoms with Gasteiger partial charge in [-0.15, -0.1) is 0 Å². The minimum absolute atomic E-state index is 0.116. The second-order valence-corrected chi connectivity index (χ2v) is 6.32. The Morgan fingerprint density at radius 1 is 1.57 bits per heavy atom. The van der Waals surface area contributed by atoms with E-state index in [2.05, 4.69) is 50.0 Å². The van der Waals surface area contributed by atoms with Crippen LogP contribution in [0.3, 0.4) is 0 Å². The van der Waals surface area contributed by atoms with Crippen molar-refractivity contribution in [3.8, 4) is 0 Å². The molecule has 1 aromatic rings. The maximum Gasteiger partial charge on any atom is 0.224 e. The fourth-order valence-corrected chi connectivity index (χ4v) is 2.93. The summed E-state index contributed by atoms with van der Waals surface area (Å²) in [6.45, 7) is 5.68. The van der Waals surface area contributed by atoms with Gasteiger partial charge in [0.25, 0.3) is 0 Å². The monoisotopic (exact) mass is 355 g/mol. The lowest BCUT2D eigenvalue weighted by atomic mass is 9.93. The summed E-state index contributed by atoms with van der Waals surface area (Å²) in [5.74, 6) is 1.09. The van der Waals surface area contributed by atoms with Crippen molar-refractivity contribution in [1.82, 2.24) is 9.97 Å². The van der Waals surface area contributed by atoms with E-state index >= 15 is 0 Å². The fourth-order valence-electron chi connectivity index (χ4n) is 2.52. The molecule has 3 N–H and O–H groups in total. The van der Waals surface area contributed by atoms with Gasteiger partial charge in [-0.3, -0.25) is 4.79 Å². The minimum Gasteiger partial charge on any atom is -0.369 e. The number of nitrogens with zero attached hydrogens (tertiary/aromatic N) is 3. The second kappa shape index (κ2) is 7.06. The first kappa shape index (κ1) is 16.0. The van der Waals surface area contributed by atoms with Crippen molar-refractivity contribution in [2.75, 3.05) is 23.3 Å². The Hall–Kier alpha value is -1.37. The van der Waals surface area contributed by atoms with Crippen LogP contribution in [-0.4, -0.2) is 35.0 Å². The number of nitrogens with one attached hydrogen (secondary N) is 1. The van der Waals surface area contributed by atoms with Crippen LogP contribution in [-0.2, 0) is 4.79 Å². The van der Waals surface area contributed by atoms with Crippen LogP contribution in [0.2, 0.25) is 0 Å². The van der Waals surface area contributed by atoms with Crippen molar-refractivity contribution < 1.29 is 4.79 Å². The van der Waals surface area contributed by atoms with Crippen molar-refractivity contribution in [2.45, 2.75) is 39.2 Å². The quantitative estimate of drug-likeness (QED) is 0.845. The lowest BCUT2D eigenvalue weighted by Gasteiger charge is -2.38. The molecule has 1 fully saturated rings. The van der Waals surface area contributed by atoms with E-state index in [-0.39, 0.29) is 11.8 Å². The van der Waals surface area contributed by atoms with E-state index < -0.39 is 0 Å². The number of anilines is 2. The first-order valence-corrected chi connectivity index (χ1v) is 8.14. The number of carbonyl (C=O) groups excluding carboxylic acids is 1. The zero-order valence-electron chi connectivity index (χ0n) is 12.5. The maximum atomic E-state index is 11.5. The smallest absolute Gasteiger partial charge is 0.224 e. The molecule has 0 saturated carbocycles. The van der Waals surface area contributed by atoms with E-state index in [4.69, 9.17) is 5.73 Å². The number of halogens is 1. The molecule has 7 heteroatoms. The summed E-state index contributed by atoms with van der Waals surface area (Å²) in [7, 11) is 0. The number of amides is 1. The average molecular weight is 356 g/mol. The molecule has 0 bridgehead atoms. The predicted molar refractivity (Wildman–Crippen MR) is 87.2 cm³/mol. The van der Waals surface area contributed by atoms with Crippen LogP contribution in [0.1, 0.15) is 33.1 Å². The third-order valence-corrected chi connectivity index (χ3v) is 4.37. The third kappa shape index (κ3) is 3.84. The Bertz CT molecular complexity index is 510. The molecule has 2 rings (SSSR count). The average Bonchev–Trinajstić information content (AvgIpc) is 2.47. The van der Waals surface area contributed by atoms with Crippen LogP contribution < -0.4 is 16.0 Å². The largest absolute Gasteiger partial charge is 0.369 e. The summed E-state index contributed by atoms with van der Waals surface area (Å²) < 4.78 is 0.835. The fraction of sp³-hybridized carbons (Fsp3) is 0.643. The van der Waals surface area contributed by atoms with Gasteiger partial charge in [0.1, 0.15) is 5.82 Å². The van der Waals surface area contributed by atoms with Crippen LogP contribution in [0.5, 0.6) is 0 Å². The lowest BCUT2D eigenvalue weighted by Crippen LogP contribution is -2.46. The SMILES string of the molecule is CCCNc1ncc(Br)c(N2CC(C(N)=O)CCC2C)n1. The highest BCUT2D eigenvalue weighted by atomic mass is 79.9. The molecule has 1 aliphatic heterocycles. The van der Waals surface area contributed by atoms with E-state index in [0.717, 1.165) is 36.1 Å². The predicted octanol–water partition coefficient (Wildman–Crippen LogP) is 2.15. The molecule has 1 aromatic heterocycles. The van der Waals surface area contributed by atoms with E-state index in [1.165, 1.54) is 0 Å². The van der Waals surface area contributed by atoms with E-state index in [1.807, 2.05) is 0 Å². The van der Waals surface area contributed by atoms with Crippen molar-refractivity contribution >= 4 is 33.6 Å². The minimum atomic E-state index is -0.235. The summed E-state index contributed by atoms with van der Waals surface area (Å²) in [6.07, 6.45) is 4.54. The molecule has 0 radical (unpaired) electrons. The molecule has 1 saturated heterocycles. The number of carbonyl (C=O) groups is 1. The summed E-state index contributed by atoms with van der Waals surface area (Å²) in [5, 5.41) is 3.19. The first-order chi connectivity index (χ1) is 10.0. The van der Waals surface area contributed by atoms with Gasteiger partial charge in [-0.1, -0.05) is 6.92 Å². The molecule has 0 spiro atoms. The Morgan fingerprint density at radius 3 is 3.00 bits per heavy atom. The van der Waals surface area contributed by atoms with Crippen LogP contribution in [0.15, 0.2) is 10.7 Å². The molecule has 1 amide bonds. The maximum absolute atomic E-state index is 11.5. The summed E-state index contributed by atoms with van der Waals surface area (Å²) in [5.41, 5.74) is 5.46. The Kier molecular flexibility index (Phi) is 5.39. The van der Waals surface area contributed by atoms with Crippen LogP contribution in [0.4, 0.5) is 11.8 Å². The normalized spacial score (nSPS) is 22.1. The summed E-state index contributed by atoms with van der Waals surface area (Å²) in [6, 6.07) is 0.325. The van der Waals surface area contributed by atoms with Crippen LogP contribution in [0, 0.1) is 5.92 Å². The lowest BCUT2D eigenvalue weighted by molar-refractivity contribution is -0.122. The molecule has 2 atom stereocenters. The van der Waals surface area contributed by atoms with Gasteiger partial charge >= 0.3 is 0 Å². The number of nitrogens with two attached hydrogens (primary N) is 1. The molecule has 6 nitrogen and oxygen atoms in total. The highest BCUT2D eigenvalue weighted by Crippen LogP contribution is 2.31. The van der Waals surface area contributed by atoms with Gasteiger partial charge in [-0.2, -0.15) is 4.98 Å². The molecule has 2 heterocycles. The topological polar surface area (TPSA) is 84.1 Å². The van der Waals surface area contributed by atoms with Gasteiger partial charge in [0.2, 0.25) is 11.9 Å². The van der Waals surface area contributed by atoms with Gasteiger partial charge in [0, 0.05) is 25.3 Å². The molecule has 2 unspecified atom stereocenters. The number of primary amides is 1. The standard InChI is InChI=1S/C14H22BrN5O/c1-3-6-17-14-18-7-11(15)13(19-14)20-8-10(12(16)21)5-4-9(20)2/h7,9-10H,3-6,8H2,1-2H3,(H2,16,21)(H,17,18,19). The molecule has 1 aliphatic rings. The van der Waals surface area contributed by atoms with Crippen molar-refractivity contribution in [1.29, 1.82) is 0 Å². The molecular weight excluding hydrogens is 334 g/mol. The Morgan fingerprint density at radius 2 is 2.33 bits per heavy atom. The molecule has 0 aliphatic carbocycles. The second-order valence-electron chi connectivity index (χ2n) is 5.47. The number of rotatable bonds is 5. The Labute approximate surface area is 133 Å². The van der Waals surface area contributed by atoms with E-state index in [9.17, 15) is 4.79 Å². The summed E-state index contributed by atoms with van der Waals surface area (Å²) >= 11 is 3.51. The van der Waals surface area contributed by atoms with Crippen molar-refractivity contribution in [3.05, 3.63) is 10.7 Å². The van der Waals surface area contributed by atoms with Gasteiger partial charge in [0.05, 0.1) is 10.4 Å². The van der Waals surface area contributed by atoms with E-state index in [0.29, 0.717) is 18.5 Å². The van der Waals surface area contributed by atoms with E-state index in [1.54, 1.807) is 6.20 Å². The van der Waals surface area contributed by atoms with Gasteiger partial charge in [-0.25, -0.2) is 4.98 Å². The summed E-state index contributed by atoms with van der Waals surface area (Å²) in [4.78, 5) is 22.5. The molecule has 0 aromatic carbocycles. The zero-order valence-corrected chi connectivity index (χ0v) is 14.1. The Balaban J connectivity index is 2.23. The number of hydrogen-bond donors (Lipinski definition) is 2. The van der Waals surface area contributed by atoms with Gasteiger partial charge in [-0.05, 0) is 42.1 Å². The number of piperidine rings is 1. The number of aromatic nitrogens is 2.